The van der Waals surface area contributed by atoms with Crippen molar-refractivity contribution in [2.24, 2.45) is 0 Å². The molecule has 0 bridgehead atoms. The van der Waals surface area contributed by atoms with Crippen LogP contribution < -0.4 is 14.8 Å². The highest BCUT2D eigenvalue weighted by atomic mass is 79.9. The molecule has 3 nitrogen and oxygen atoms in total. The first-order chi connectivity index (χ1) is 10.2. The maximum atomic E-state index is 5.87. The van der Waals surface area contributed by atoms with E-state index >= 15 is 0 Å². The first-order valence-electron chi connectivity index (χ1n) is 7.04. The highest BCUT2D eigenvalue weighted by Gasteiger charge is 2.04. The van der Waals surface area contributed by atoms with Crippen molar-refractivity contribution in [3.63, 3.8) is 0 Å². The topological polar surface area (TPSA) is 30.5 Å². The third-order valence-corrected chi connectivity index (χ3v) is 3.66. The molecular weight excluding hydrogens is 330 g/mol. The van der Waals surface area contributed by atoms with Crippen LogP contribution in [0.5, 0.6) is 17.2 Å². The van der Waals surface area contributed by atoms with Crippen molar-refractivity contribution in [2.75, 3.05) is 13.7 Å². The lowest BCUT2D eigenvalue weighted by atomic mass is 10.2. The number of rotatable bonds is 7. The monoisotopic (exact) mass is 349 g/mol. The van der Waals surface area contributed by atoms with Gasteiger partial charge < -0.3 is 14.8 Å². The van der Waals surface area contributed by atoms with Gasteiger partial charge in [-0.15, -0.1) is 0 Å². The molecule has 112 valence electrons. The number of halogens is 1. The predicted molar refractivity (Wildman–Crippen MR) is 89.2 cm³/mol. The minimum absolute atomic E-state index is 0.786. The van der Waals surface area contributed by atoms with Gasteiger partial charge in [-0.25, -0.2) is 0 Å². The lowest BCUT2D eigenvalue weighted by Crippen LogP contribution is -2.13. The van der Waals surface area contributed by atoms with Crippen LogP contribution in [0.3, 0.4) is 0 Å². The van der Waals surface area contributed by atoms with E-state index in [1.807, 2.05) is 30.3 Å². The molecule has 0 saturated carbocycles. The molecule has 0 aromatic heterocycles. The molecule has 2 aromatic rings. The first-order valence-corrected chi connectivity index (χ1v) is 7.83. The van der Waals surface area contributed by atoms with Gasteiger partial charge in [0.15, 0.2) is 0 Å². The summed E-state index contributed by atoms with van der Waals surface area (Å²) in [5.41, 5.74) is 1.23. The summed E-state index contributed by atoms with van der Waals surface area (Å²) in [6.45, 7) is 4.06. The summed E-state index contributed by atoms with van der Waals surface area (Å²) in [5, 5.41) is 3.38. The smallest absolute Gasteiger partial charge is 0.141 e. The van der Waals surface area contributed by atoms with Gasteiger partial charge in [0.25, 0.3) is 0 Å². The van der Waals surface area contributed by atoms with Gasteiger partial charge in [0.1, 0.15) is 17.2 Å². The van der Waals surface area contributed by atoms with E-state index < -0.39 is 0 Å². The molecule has 0 aliphatic carbocycles. The Hall–Kier alpha value is -1.52. The highest BCUT2D eigenvalue weighted by molar-refractivity contribution is 9.10. The molecule has 2 rings (SSSR count). The quantitative estimate of drug-likeness (QED) is 0.731. The number of hydrogen-bond acceptors (Lipinski definition) is 3. The average molecular weight is 350 g/mol. The lowest BCUT2D eigenvalue weighted by Gasteiger charge is -2.10. The number of methoxy groups -OCH3 is 1. The number of ether oxygens (including phenoxy) is 2. The number of hydrogen-bond donors (Lipinski definition) is 1. The van der Waals surface area contributed by atoms with Crippen LogP contribution in [0.15, 0.2) is 46.9 Å². The first kappa shape index (κ1) is 15.9. The standard InChI is InChI=1S/C17H20BrNO2/c1-3-10-19-12-13-4-9-17(16(18)11-13)21-15-7-5-14(20-2)6-8-15/h4-9,11,19H,3,10,12H2,1-2H3. The van der Waals surface area contributed by atoms with Gasteiger partial charge in [0, 0.05) is 6.54 Å². The Morgan fingerprint density at radius 3 is 2.38 bits per heavy atom. The number of benzene rings is 2. The highest BCUT2D eigenvalue weighted by Crippen LogP contribution is 2.31. The summed E-state index contributed by atoms with van der Waals surface area (Å²) in [5.74, 6) is 2.41. The van der Waals surface area contributed by atoms with Crippen molar-refractivity contribution in [1.82, 2.24) is 5.32 Å². The van der Waals surface area contributed by atoms with Gasteiger partial charge in [-0.05, 0) is 70.9 Å². The normalized spacial score (nSPS) is 10.4. The Morgan fingerprint density at radius 1 is 1.05 bits per heavy atom. The summed E-state index contributed by atoms with van der Waals surface area (Å²) < 4.78 is 12.0. The Balaban J connectivity index is 2.02. The second-order valence-electron chi connectivity index (χ2n) is 4.72. The second kappa shape index (κ2) is 8.05. The summed E-state index contributed by atoms with van der Waals surface area (Å²) in [6, 6.07) is 13.7. The Labute approximate surface area is 134 Å². The van der Waals surface area contributed by atoms with Crippen LogP contribution in [0.1, 0.15) is 18.9 Å². The minimum atomic E-state index is 0.786. The molecule has 0 spiro atoms. The van der Waals surface area contributed by atoms with E-state index in [2.05, 4.69) is 40.3 Å². The summed E-state index contributed by atoms with van der Waals surface area (Å²) in [7, 11) is 1.65. The fraction of sp³-hybridized carbons (Fsp3) is 0.294. The van der Waals surface area contributed by atoms with E-state index in [1.54, 1.807) is 7.11 Å². The Morgan fingerprint density at radius 2 is 1.76 bits per heavy atom. The van der Waals surface area contributed by atoms with Crippen LogP contribution in [-0.4, -0.2) is 13.7 Å². The zero-order valence-corrected chi connectivity index (χ0v) is 13.9. The maximum Gasteiger partial charge on any atom is 0.141 e. The van der Waals surface area contributed by atoms with Crippen LogP contribution in [0.2, 0.25) is 0 Å². The Bertz CT molecular complexity index is 570. The zero-order chi connectivity index (χ0) is 15.1. The zero-order valence-electron chi connectivity index (χ0n) is 12.4. The lowest BCUT2D eigenvalue weighted by molar-refractivity contribution is 0.412. The second-order valence-corrected chi connectivity index (χ2v) is 5.57. The third-order valence-electron chi connectivity index (χ3n) is 3.04. The number of nitrogens with one attached hydrogen (secondary N) is 1. The van der Waals surface area contributed by atoms with Crippen LogP contribution in [-0.2, 0) is 6.54 Å². The van der Waals surface area contributed by atoms with Crippen molar-refractivity contribution in [3.05, 3.63) is 52.5 Å². The van der Waals surface area contributed by atoms with Crippen LogP contribution in [0.4, 0.5) is 0 Å². The molecule has 0 heterocycles. The van der Waals surface area contributed by atoms with Crippen molar-refractivity contribution in [3.8, 4) is 17.2 Å². The third kappa shape index (κ3) is 4.76. The van der Waals surface area contributed by atoms with Gasteiger partial charge in [-0.1, -0.05) is 13.0 Å². The van der Waals surface area contributed by atoms with E-state index in [1.165, 1.54) is 5.56 Å². The SMILES string of the molecule is CCCNCc1ccc(Oc2ccc(OC)cc2)c(Br)c1. The van der Waals surface area contributed by atoms with E-state index in [0.29, 0.717) is 0 Å². The molecule has 0 unspecified atom stereocenters. The van der Waals surface area contributed by atoms with Crippen molar-refractivity contribution in [2.45, 2.75) is 19.9 Å². The van der Waals surface area contributed by atoms with Gasteiger partial charge >= 0.3 is 0 Å². The summed E-state index contributed by atoms with van der Waals surface area (Å²) in [6.07, 6.45) is 1.14. The molecular formula is C17H20BrNO2. The van der Waals surface area contributed by atoms with Crippen LogP contribution in [0.25, 0.3) is 0 Å². The summed E-state index contributed by atoms with van der Waals surface area (Å²) >= 11 is 3.56. The summed E-state index contributed by atoms with van der Waals surface area (Å²) in [4.78, 5) is 0. The molecule has 0 radical (unpaired) electrons. The van der Waals surface area contributed by atoms with Crippen molar-refractivity contribution in [1.29, 1.82) is 0 Å². The van der Waals surface area contributed by atoms with E-state index in [9.17, 15) is 0 Å². The molecule has 0 atom stereocenters. The average Bonchev–Trinajstić information content (AvgIpc) is 2.51. The van der Waals surface area contributed by atoms with Gasteiger partial charge in [-0.2, -0.15) is 0 Å². The Kier molecular flexibility index (Phi) is 6.08. The largest absolute Gasteiger partial charge is 0.497 e. The molecule has 0 amide bonds. The van der Waals surface area contributed by atoms with Gasteiger partial charge in [0.05, 0.1) is 11.6 Å². The molecule has 0 fully saturated rings. The molecule has 2 aromatic carbocycles. The van der Waals surface area contributed by atoms with E-state index in [0.717, 1.165) is 41.2 Å². The fourth-order valence-corrected chi connectivity index (χ4v) is 2.42. The van der Waals surface area contributed by atoms with E-state index in [-0.39, 0.29) is 0 Å². The molecule has 4 heteroatoms. The van der Waals surface area contributed by atoms with E-state index in [4.69, 9.17) is 9.47 Å². The van der Waals surface area contributed by atoms with Crippen molar-refractivity contribution < 1.29 is 9.47 Å². The maximum absolute atomic E-state index is 5.87. The van der Waals surface area contributed by atoms with Gasteiger partial charge in [0.2, 0.25) is 0 Å². The fourth-order valence-electron chi connectivity index (χ4n) is 1.92. The van der Waals surface area contributed by atoms with Crippen LogP contribution in [0, 0.1) is 0 Å². The predicted octanol–water partition coefficient (Wildman–Crippen LogP) is 4.75. The van der Waals surface area contributed by atoms with Gasteiger partial charge in [-0.3, -0.25) is 0 Å². The molecule has 21 heavy (non-hydrogen) atoms. The minimum Gasteiger partial charge on any atom is -0.497 e. The van der Waals surface area contributed by atoms with Crippen LogP contribution >= 0.6 is 15.9 Å². The van der Waals surface area contributed by atoms with Crippen molar-refractivity contribution >= 4 is 15.9 Å². The molecule has 0 aliphatic rings. The molecule has 1 N–H and O–H groups in total. The molecule has 0 saturated heterocycles. The molecule has 0 aliphatic heterocycles.